The second-order valence-electron chi connectivity index (χ2n) is 8.48. The topological polar surface area (TPSA) is 81.8 Å². The van der Waals surface area contributed by atoms with Gasteiger partial charge in [-0.2, -0.15) is 10.2 Å². The smallest absolute Gasteiger partial charge is 0.295 e. The van der Waals surface area contributed by atoms with Crippen LogP contribution in [-0.4, -0.2) is 32.0 Å². The summed E-state index contributed by atoms with van der Waals surface area (Å²) in [6, 6.07) is 14.8. The number of rotatable bonds is 7. The van der Waals surface area contributed by atoms with Gasteiger partial charge < -0.3 is 5.32 Å². The van der Waals surface area contributed by atoms with Gasteiger partial charge in [-0.25, -0.2) is 9.36 Å². The lowest BCUT2D eigenvalue weighted by Crippen LogP contribution is -2.39. The van der Waals surface area contributed by atoms with Crippen LogP contribution in [0, 0.1) is 20.8 Å². The second kappa shape index (κ2) is 9.81. The number of aromatic nitrogens is 4. The molecule has 8 heteroatoms. The average molecular weight is 478 g/mol. The highest BCUT2D eigenvalue weighted by Crippen LogP contribution is 2.22. The number of carbonyl (C=O) groups is 1. The van der Waals surface area contributed by atoms with Gasteiger partial charge in [-0.1, -0.05) is 48.4 Å². The van der Waals surface area contributed by atoms with E-state index in [0.29, 0.717) is 35.6 Å². The molecular weight excluding hydrogens is 450 g/mol. The zero-order chi connectivity index (χ0) is 24.4. The standard InChI is InChI=1S/C26H28ClN5O2/c1-5-22(25(33)28-15-14-19-8-10-20(27)11-9-19)32-26(34)24-23(17(3)29-32)18(4)31(30-24)21-12-6-16(2)7-13-21/h6-13,22H,5,14-15H2,1-4H3,(H,28,33)/t22-/m1/s1. The zero-order valence-electron chi connectivity index (χ0n) is 19.8. The van der Waals surface area contributed by atoms with E-state index in [9.17, 15) is 9.59 Å². The van der Waals surface area contributed by atoms with Gasteiger partial charge in [-0.15, -0.1) is 0 Å². The Labute approximate surface area is 203 Å². The summed E-state index contributed by atoms with van der Waals surface area (Å²) in [4.78, 5) is 26.4. The van der Waals surface area contributed by atoms with E-state index in [1.54, 1.807) is 4.68 Å². The molecule has 0 aliphatic carbocycles. The molecule has 4 aromatic rings. The van der Waals surface area contributed by atoms with Crippen LogP contribution in [0.25, 0.3) is 16.6 Å². The third kappa shape index (κ3) is 4.61. The van der Waals surface area contributed by atoms with Gasteiger partial charge in [0.15, 0.2) is 5.52 Å². The molecule has 2 aromatic heterocycles. The molecule has 2 aromatic carbocycles. The summed E-state index contributed by atoms with van der Waals surface area (Å²) in [7, 11) is 0. The highest BCUT2D eigenvalue weighted by atomic mass is 35.5. The Hall–Kier alpha value is -3.45. The largest absolute Gasteiger partial charge is 0.354 e. The van der Waals surface area contributed by atoms with E-state index in [1.807, 2.05) is 76.2 Å². The van der Waals surface area contributed by atoms with E-state index >= 15 is 0 Å². The average Bonchev–Trinajstić information content (AvgIpc) is 3.17. The minimum atomic E-state index is -0.717. The molecule has 0 radical (unpaired) electrons. The number of fused-ring (bicyclic) bond motifs is 1. The Morgan fingerprint density at radius 2 is 1.71 bits per heavy atom. The van der Waals surface area contributed by atoms with Gasteiger partial charge in [-0.05, 0) is 63.4 Å². The summed E-state index contributed by atoms with van der Waals surface area (Å²) in [5, 5.41) is 13.5. The Bertz CT molecular complexity index is 1390. The maximum atomic E-state index is 13.4. The summed E-state index contributed by atoms with van der Waals surface area (Å²) < 4.78 is 3.04. The number of benzene rings is 2. The molecule has 0 aliphatic rings. The number of amides is 1. The van der Waals surface area contributed by atoms with Crippen LogP contribution in [0.2, 0.25) is 5.02 Å². The fraction of sp³-hybridized carbons (Fsp3) is 0.308. The Balaban J connectivity index is 1.62. The van der Waals surface area contributed by atoms with Gasteiger partial charge in [0.25, 0.3) is 5.56 Å². The number of aryl methyl sites for hydroxylation is 3. The molecule has 0 bridgehead atoms. The van der Waals surface area contributed by atoms with Crippen LogP contribution in [0.4, 0.5) is 0 Å². The first-order valence-corrected chi connectivity index (χ1v) is 11.8. The van der Waals surface area contributed by atoms with Crippen molar-refractivity contribution in [3.63, 3.8) is 0 Å². The summed E-state index contributed by atoms with van der Waals surface area (Å²) >= 11 is 5.93. The number of hydrogen-bond acceptors (Lipinski definition) is 4. The summed E-state index contributed by atoms with van der Waals surface area (Å²) in [6.45, 7) is 8.11. The normalized spacial score (nSPS) is 12.1. The second-order valence-corrected chi connectivity index (χ2v) is 8.92. The van der Waals surface area contributed by atoms with Crippen molar-refractivity contribution in [2.45, 2.75) is 46.6 Å². The molecule has 0 aliphatic heterocycles. The molecule has 34 heavy (non-hydrogen) atoms. The van der Waals surface area contributed by atoms with E-state index in [1.165, 1.54) is 4.68 Å². The Morgan fingerprint density at radius 1 is 1.03 bits per heavy atom. The van der Waals surface area contributed by atoms with Gasteiger partial charge in [0.1, 0.15) is 6.04 Å². The van der Waals surface area contributed by atoms with Crippen LogP contribution in [-0.2, 0) is 11.2 Å². The number of nitrogens with one attached hydrogen (secondary N) is 1. The summed E-state index contributed by atoms with van der Waals surface area (Å²) in [5.74, 6) is -0.237. The zero-order valence-corrected chi connectivity index (χ0v) is 20.6. The monoisotopic (exact) mass is 477 g/mol. The number of nitrogens with zero attached hydrogens (tertiary/aromatic N) is 4. The molecular formula is C26H28ClN5O2. The molecule has 1 atom stereocenters. The number of carbonyl (C=O) groups excluding carboxylic acids is 1. The SMILES string of the molecule is CC[C@H](C(=O)NCCc1ccc(Cl)cc1)n1nc(C)c2c(C)n(-c3ccc(C)cc3)nc2c1=O. The van der Waals surface area contributed by atoms with Crippen molar-refractivity contribution < 1.29 is 4.79 Å². The molecule has 2 heterocycles. The molecule has 0 unspecified atom stereocenters. The minimum Gasteiger partial charge on any atom is -0.354 e. The molecule has 4 rings (SSSR count). The maximum absolute atomic E-state index is 13.4. The predicted octanol–water partition coefficient (Wildman–Crippen LogP) is 4.47. The van der Waals surface area contributed by atoms with Crippen molar-refractivity contribution in [1.29, 1.82) is 0 Å². The first-order chi connectivity index (χ1) is 16.3. The van der Waals surface area contributed by atoms with Crippen LogP contribution in [0.3, 0.4) is 0 Å². The third-order valence-corrected chi connectivity index (χ3v) is 6.29. The Kier molecular flexibility index (Phi) is 6.84. The van der Waals surface area contributed by atoms with Crippen molar-refractivity contribution in [3.05, 3.63) is 86.4 Å². The first kappa shape index (κ1) is 23.7. The molecule has 0 saturated heterocycles. The molecule has 1 N–H and O–H groups in total. The van der Waals surface area contributed by atoms with Crippen molar-refractivity contribution >= 4 is 28.4 Å². The maximum Gasteiger partial charge on any atom is 0.295 e. The first-order valence-electron chi connectivity index (χ1n) is 11.4. The molecule has 0 spiro atoms. The van der Waals surface area contributed by atoms with Gasteiger partial charge in [0.2, 0.25) is 5.91 Å². The highest BCUT2D eigenvalue weighted by Gasteiger charge is 2.25. The van der Waals surface area contributed by atoms with Crippen molar-refractivity contribution in [1.82, 2.24) is 24.9 Å². The lowest BCUT2D eigenvalue weighted by atomic mass is 10.1. The van der Waals surface area contributed by atoms with E-state index in [2.05, 4.69) is 15.5 Å². The fourth-order valence-corrected chi connectivity index (χ4v) is 4.29. The minimum absolute atomic E-state index is 0.237. The van der Waals surface area contributed by atoms with Gasteiger partial charge >= 0.3 is 0 Å². The van der Waals surface area contributed by atoms with E-state index in [-0.39, 0.29) is 11.5 Å². The summed E-state index contributed by atoms with van der Waals surface area (Å²) in [5.41, 5.74) is 4.55. The quantitative estimate of drug-likeness (QED) is 0.425. The molecule has 1 amide bonds. The van der Waals surface area contributed by atoms with Crippen molar-refractivity contribution in [2.75, 3.05) is 6.54 Å². The lowest BCUT2D eigenvalue weighted by Gasteiger charge is -2.17. The van der Waals surface area contributed by atoms with Crippen LogP contribution in [0.1, 0.15) is 41.9 Å². The predicted molar refractivity (Wildman–Crippen MR) is 135 cm³/mol. The van der Waals surface area contributed by atoms with Gasteiger partial charge in [0, 0.05) is 11.6 Å². The lowest BCUT2D eigenvalue weighted by molar-refractivity contribution is -0.124. The third-order valence-electron chi connectivity index (χ3n) is 6.04. The fourth-order valence-electron chi connectivity index (χ4n) is 4.17. The van der Waals surface area contributed by atoms with E-state index in [4.69, 9.17) is 11.6 Å². The molecule has 176 valence electrons. The number of halogens is 1. The van der Waals surface area contributed by atoms with Crippen LogP contribution in [0.5, 0.6) is 0 Å². The van der Waals surface area contributed by atoms with Gasteiger partial charge in [-0.3, -0.25) is 9.59 Å². The van der Waals surface area contributed by atoms with Gasteiger partial charge in [0.05, 0.1) is 22.5 Å². The molecule has 0 saturated carbocycles. The van der Waals surface area contributed by atoms with E-state index in [0.717, 1.165) is 27.9 Å². The summed E-state index contributed by atoms with van der Waals surface area (Å²) in [6.07, 6.45) is 1.10. The molecule has 0 fully saturated rings. The van der Waals surface area contributed by atoms with Crippen LogP contribution in [0.15, 0.2) is 53.3 Å². The van der Waals surface area contributed by atoms with E-state index < -0.39 is 6.04 Å². The number of hydrogen-bond donors (Lipinski definition) is 1. The Morgan fingerprint density at radius 3 is 2.35 bits per heavy atom. The highest BCUT2D eigenvalue weighted by molar-refractivity contribution is 6.30. The van der Waals surface area contributed by atoms with Crippen LogP contribution < -0.4 is 10.9 Å². The van der Waals surface area contributed by atoms with Crippen LogP contribution >= 0.6 is 11.6 Å². The molecule has 7 nitrogen and oxygen atoms in total. The van der Waals surface area contributed by atoms with Crippen molar-refractivity contribution in [2.24, 2.45) is 0 Å². The van der Waals surface area contributed by atoms with Crippen molar-refractivity contribution in [3.8, 4) is 5.69 Å².